The molecule has 0 unspecified atom stereocenters. The van der Waals surface area contributed by atoms with Crippen LogP contribution in [0.2, 0.25) is 0 Å². The molecule has 2 aromatic carbocycles. The Morgan fingerprint density at radius 2 is 1.82 bits per heavy atom. The molecular weight excluding hydrogens is 420 g/mol. The number of methoxy groups -OCH3 is 1. The minimum atomic E-state index is -0.510. The van der Waals surface area contributed by atoms with Gasteiger partial charge in [-0.15, -0.1) is 0 Å². The molecule has 0 fully saturated rings. The third-order valence-corrected chi connectivity index (χ3v) is 5.04. The van der Waals surface area contributed by atoms with E-state index in [0.717, 1.165) is 11.3 Å². The smallest absolute Gasteiger partial charge is 0.339 e. The Balaban J connectivity index is 1.41. The molecule has 0 saturated carbocycles. The molecule has 3 heterocycles. The lowest BCUT2D eigenvalue weighted by Gasteiger charge is -2.10. The number of hydrogen-bond acceptors (Lipinski definition) is 8. The van der Waals surface area contributed by atoms with Crippen LogP contribution in [0.15, 0.2) is 83.6 Å². The van der Waals surface area contributed by atoms with Crippen LogP contribution in [0.1, 0.15) is 16.2 Å². The molecule has 0 N–H and O–H groups in total. The molecule has 0 aliphatic carbocycles. The van der Waals surface area contributed by atoms with Gasteiger partial charge in [0.15, 0.2) is 6.61 Å². The third kappa shape index (κ3) is 4.27. The molecule has 5 aromatic rings. The number of pyridine rings is 2. The Morgan fingerprint density at radius 1 is 0.970 bits per heavy atom. The van der Waals surface area contributed by atoms with E-state index in [1.165, 1.54) is 0 Å². The topological polar surface area (TPSA) is 100 Å². The second kappa shape index (κ2) is 8.88. The van der Waals surface area contributed by atoms with Gasteiger partial charge in [-0.3, -0.25) is 4.98 Å². The predicted molar refractivity (Wildman–Crippen MR) is 120 cm³/mol. The monoisotopic (exact) mass is 438 g/mol. The number of nitrogens with zero attached hydrogens (tertiary/aromatic N) is 4. The minimum absolute atomic E-state index is 0.152. The maximum atomic E-state index is 13.0. The van der Waals surface area contributed by atoms with Crippen LogP contribution in [-0.2, 0) is 11.3 Å². The lowest BCUT2D eigenvalue weighted by Crippen LogP contribution is -2.07. The number of carbonyl (C=O) groups excluding carboxylic acids is 1. The molecule has 5 rings (SSSR count). The zero-order valence-corrected chi connectivity index (χ0v) is 17.6. The summed E-state index contributed by atoms with van der Waals surface area (Å²) in [5.74, 6) is 0.801. The van der Waals surface area contributed by atoms with E-state index in [1.807, 2.05) is 54.6 Å². The highest BCUT2D eigenvalue weighted by Crippen LogP contribution is 2.27. The van der Waals surface area contributed by atoms with Gasteiger partial charge in [-0.25, -0.2) is 9.78 Å². The van der Waals surface area contributed by atoms with Gasteiger partial charge in [-0.05, 0) is 48.5 Å². The van der Waals surface area contributed by atoms with Crippen molar-refractivity contribution < 1.29 is 18.8 Å². The molecular formula is C25H18N4O4. The van der Waals surface area contributed by atoms with E-state index in [-0.39, 0.29) is 12.5 Å². The maximum absolute atomic E-state index is 13.0. The first-order valence-electron chi connectivity index (χ1n) is 10.2. The standard InChI is InChI=1S/C25H18N4O4/c1-31-18-10-8-16(9-11-18)22-13-20(19-6-2-3-7-21(19)27-22)25(30)32-15-23-28-24(29-33-23)17-5-4-12-26-14-17/h2-14H,15H2,1H3. The first-order valence-corrected chi connectivity index (χ1v) is 10.2. The third-order valence-electron chi connectivity index (χ3n) is 5.04. The summed E-state index contributed by atoms with van der Waals surface area (Å²) in [7, 11) is 1.61. The first kappa shape index (κ1) is 20.3. The molecule has 8 heteroatoms. The zero-order chi connectivity index (χ0) is 22.6. The number of ether oxygens (including phenoxy) is 2. The lowest BCUT2D eigenvalue weighted by atomic mass is 10.0. The molecule has 0 amide bonds. The van der Waals surface area contributed by atoms with E-state index in [4.69, 9.17) is 19.0 Å². The summed E-state index contributed by atoms with van der Waals surface area (Å²) in [4.78, 5) is 26.0. The molecule has 0 aliphatic heterocycles. The summed E-state index contributed by atoms with van der Waals surface area (Å²) in [6, 6.07) is 20.2. The Labute approximate surface area is 188 Å². The normalized spacial score (nSPS) is 10.8. The highest BCUT2D eigenvalue weighted by atomic mass is 16.6. The van der Waals surface area contributed by atoms with Crippen LogP contribution in [0.25, 0.3) is 33.5 Å². The van der Waals surface area contributed by atoms with Crippen molar-refractivity contribution in [2.75, 3.05) is 7.11 Å². The van der Waals surface area contributed by atoms with E-state index in [2.05, 4.69) is 15.1 Å². The number of rotatable bonds is 6. The van der Waals surface area contributed by atoms with Crippen molar-refractivity contribution in [2.45, 2.75) is 6.61 Å². The Morgan fingerprint density at radius 3 is 2.61 bits per heavy atom. The molecule has 33 heavy (non-hydrogen) atoms. The van der Waals surface area contributed by atoms with Crippen molar-refractivity contribution in [3.8, 4) is 28.4 Å². The second-order valence-electron chi connectivity index (χ2n) is 7.13. The minimum Gasteiger partial charge on any atom is -0.497 e. The van der Waals surface area contributed by atoms with E-state index in [0.29, 0.717) is 33.5 Å². The Hall–Kier alpha value is -4.59. The Kier molecular flexibility index (Phi) is 5.47. The van der Waals surface area contributed by atoms with Gasteiger partial charge >= 0.3 is 5.97 Å². The first-order chi connectivity index (χ1) is 16.2. The van der Waals surface area contributed by atoms with Crippen molar-refractivity contribution >= 4 is 16.9 Å². The van der Waals surface area contributed by atoms with Crippen LogP contribution in [0.4, 0.5) is 0 Å². The number of benzene rings is 2. The summed E-state index contributed by atoms with van der Waals surface area (Å²) >= 11 is 0. The number of carbonyl (C=O) groups is 1. The maximum Gasteiger partial charge on any atom is 0.339 e. The van der Waals surface area contributed by atoms with Crippen LogP contribution >= 0.6 is 0 Å². The molecule has 3 aromatic heterocycles. The van der Waals surface area contributed by atoms with Crippen LogP contribution in [0, 0.1) is 0 Å². The fourth-order valence-corrected chi connectivity index (χ4v) is 3.38. The van der Waals surface area contributed by atoms with E-state index in [9.17, 15) is 4.79 Å². The predicted octanol–water partition coefficient (Wildman–Crippen LogP) is 4.71. The molecule has 162 valence electrons. The van der Waals surface area contributed by atoms with E-state index in [1.54, 1.807) is 31.6 Å². The van der Waals surface area contributed by atoms with Gasteiger partial charge in [-0.1, -0.05) is 23.4 Å². The average Bonchev–Trinajstić information content (AvgIpc) is 3.36. The average molecular weight is 438 g/mol. The fraction of sp³-hybridized carbons (Fsp3) is 0.0800. The number of aromatic nitrogens is 4. The van der Waals surface area contributed by atoms with Gasteiger partial charge in [0.25, 0.3) is 5.89 Å². The van der Waals surface area contributed by atoms with Gasteiger partial charge in [0, 0.05) is 28.9 Å². The van der Waals surface area contributed by atoms with Gasteiger partial charge < -0.3 is 14.0 Å². The van der Waals surface area contributed by atoms with Crippen molar-refractivity contribution in [3.63, 3.8) is 0 Å². The lowest BCUT2D eigenvalue weighted by molar-refractivity contribution is 0.0432. The number of para-hydroxylation sites is 1. The molecule has 0 aliphatic rings. The van der Waals surface area contributed by atoms with Crippen LogP contribution < -0.4 is 4.74 Å². The SMILES string of the molecule is COc1ccc(-c2cc(C(=O)OCc3nc(-c4cccnc4)no3)c3ccccc3n2)cc1. The van der Waals surface area contributed by atoms with Gasteiger partial charge in [0.1, 0.15) is 5.75 Å². The van der Waals surface area contributed by atoms with Crippen LogP contribution in [-0.4, -0.2) is 33.2 Å². The summed E-state index contributed by atoms with van der Waals surface area (Å²) in [6.07, 6.45) is 3.29. The summed E-state index contributed by atoms with van der Waals surface area (Å²) in [6.45, 7) is -0.152. The zero-order valence-electron chi connectivity index (χ0n) is 17.6. The number of esters is 1. The van der Waals surface area contributed by atoms with Gasteiger partial charge in [-0.2, -0.15) is 4.98 Å². The molecule has 0 atom stereocenters. The van der Waals surface area contributed by atoms with Crippen molar-refractivity contribution in [2.24, 2.45) is 0 Å². The highest BCUT2D eigenvalue weighted by Gasteiger charge is 2.17. The summed E-state index contributed by atoms with van der Waals surface area (Å²) in [5.41, 5.74) is 3.31. The highest BCUT2D eigenvalue weighted by molar-refractivity contribution is 6.04. The van der Waals surface area contributed by atoms with E-state index >= 15 is 0 Å². The van der Waals surface area contributed by atoms with Crippen LogP contribution in [0.5, 0.6) is 5.75 Å². The van der Waals surface area contributed by atoms with Crippen molar-refractivity contribution in [1.29, 1.82) is 0 Å². The fourth-order valence-electron chi connectivity index (χ4n) is 3.38. The van der Waals surface area contributed by atoms with Gasteiger partial charge in [0.05, 0.1) is 23.9 Å². The van der Waals surface area contributed by atoms with Crippen LogP contribution in [0.3, 0.4) is 0 Å². The number of hydrogen-bond donors (Lipinski definition) is 0. The number of fused-ring (bicyclic) bond motifs is 1. The quantitative estimate of drug-likeness (QED) is 0.351. The molecule has 0 spiro atoms. The second-order valence-corrected chi connectivity index (χ2v) is 7.13. The molecule has 0 radical (unpaired) electrons. The summed E-state index contributed by atoms with van der Waals surface area (Å²) < 4.78 is 15.9. The molecule has 8 nitrogen and oxygen atoms in total. The Bertz CT molecular complexity index is 1420. The van der Waals surface area contributed by atoms with Crippen molar-refractivity contribution in [3.05, 3.63) is 90.6 Å². The summed E-state index contributed by atoms with van der Waals surface area (Å²) in [5, 5.41) is 4.61. The van der Waals surface area contributed by atoms with E-state index < -0.39 is 5.97 Å². The van der Waals surface area contributed by atoms with Crippen molar-refractivity contribution in [1.82, 2.24) is 20.1 Å². The molecule has 0 saturated heterocycles. The van der Waals surface area contributed by atoms with Gasteiger partial charge in [0.2, 0.25) is 5.82 Å². The largest absolute Gasteiger partial charge is 0.497 e. The molecule has 0 bridgehead atoms.